The van der Waals surface area contributed by atoms with Crippen LogP contribution in [0.5, 0.6) is 0 Å². The molecule has 9 atom stereocenters. The van der Waals surface area contributed by atoms with E-state index in [0.29, 0.717) is 0 Å². The highest BCUT2D eigenvalue weighted by atomic mass is 16.6. The lowest BCUT2D eigenvalue weighted by atomic mass is 9.55. The van der Waals surface area contributed by atoms with E-state index in [4.69, 9.17) is 23.7 Å². The Labute approximate surface area is 231 Å². The summed E-state index contributed by atoms with van der Waals surface area (Å²) in [5, 5.41) is 22.5. The van der Waals surface area contributed by atoms with Crippen LogP contribution in [0, 0.1) is 17.3 Å². The fourth-order valence-corrected chi connectivity index (χ4v) is 6.27. The maximum Gasteiger partial charge on any atom is 0.312 e. The number of ether oxygens (including phenoxy) is 5. The third-order valence-corrected chi connectivity index (χ3v) is 8.17. The lowest BCUT2D eigenvalue weighted by Gasteiger charge is -2.54. The summed E-state index contributed by atoms with van der Waals surface area (Å²) in [4.78, 5) is 75.7. The number of aliphatic hydroxyl groups excluding tert-OH is 1. The van der Waals surface area contributed by atoms with Crippen LogP contribution in [0.3, 0.4) is 0 Å². The summed E-state index contributed by atoms with van der Waals surface area (Å²) in [6.07, 6.45) is -6.28. The molecular formula is C27H36O13. The largest absolute Gasteiger partial charge is 0.462 e. The van der Waals surface area contributed by atoms with E-state index in [2.05, 4.69) is 0 Å². The molecule has 0 spiro atoms. The molecule has 0 radical (unpaired) electrons. The van der Waals surface area contributed by atoms with E-state index >= 15 is 0 Å². The monoisotopic (exact) mass is 568 g/mol. The van der Waals surface area contributed by atoms with Gasteiger partial charge in [-0.1, -0.05) is 6.92 Å². The van der Waals surface area contributed by atoms with Crippen LogP contribution in [0.2, 0.25) is 0 Å². The lowest BCUT2D eigenvalue weighted by molar-refractivity contribution is -0.227. The first-order chi connectivity index (χ1) is 18.6. The maximum absolute atomic E-state index is 13.8. The van der Waals surface area contributed by atoms with E-state index in [9.17, 15) is 39.0 Å². The molecule has 13 nitrogen and oxygen atoms in total. The zero-order valence-corrected chi connectivity index (χ0v) is 23.3. The first kappa shape index (κ1) is 31.2. The summed E-state index contributed by atoms with van der Waals surface area (Å²) in [7, 11) is 0. The van der Waals surface area contributed by atoms with Gasteiger partial charge in [0.25, 0.3) is 0 Å². The predicted molar refractivity (Wildman–Crippen MR) is 132 cm³/mol. The Bertz CT molecular complexity index is 1110. The molecule has 0 aromatic rings. The van der Waals surface area contributed by atoms with E-state index in [1.165, 1.54) is 19.9 Å². The van der Waals surface area contributed by atoms with E-state index in [-0.39, 0.29) is 24.8 Å². The highest BCUT2D eigenvalue weighted by molar-refractivity contribution is 5.86. The number of carbonyl (C=O) groups is 6. The molecule has 3 aliphatic rings. The van der Waals surface area contributed by atoms with Crippen LogP contribution in [0.25, 0.3) is 0 Å². The fraction of sp³-hybridized carbons (Fsp3) is 0.704. The Morgan fingerprint density at radius 3 is 2.02 bits per heavy atom. The van der Waals surface area contributed by atoms with Crippen LogP contribution in [0.15, 0.2) is 11.6 Å². The maximum atomic E-state index is 13.8. The van der Waals surface area contributed by atoms with Gasteiger partial charge in [0, 0.05) is 40.5 Å². The van der Waals surface area contributed by atoms with Gasteiger partial charge in [0.1, 0.15) is 30.2 Å². The van der Waals surface area contributed by atoms with Crippen LogP contribution in [0.1, 0.15) is 60.8 Å². The van der Waals surface area contributed by atoms with Crippen molar-refractivity contribution in [1.82, 2.24) is 0 Å². The third-order valence-electron chi connectivity index (χ3n) is 8.17. The first-order valence-electron chi connectivity index (χ1n) is 13.0. The van der Waals surface area contributed by atoms with Crippen molar-refractivity contribution >= 4 is 35.6 Å². The number of rotatable bonds is 5. The summed E-state index contributed by atoms with van der Waals surface area (Å²) >= 11 is 0. The molecule has 222 valence electrons. The standard InChI is InChI=1S/C27H36O13/c1-12-25(34)40-22-9-17(11-28)19(36-13(2)29)10-21(38-15(4)31)26(6)20(37-14(3)30)8-7-18(33)23(26)24(27(12,22)35)39-16(5)32/h9,12,19-24,28,35H,7-8,10-11H2,1-6H3/b17-9-/t12-,19+,20-,21-,22-,23+,24-,26+,27-/m0/s1. The van der Waals surface area contributed by atoms with Gasteiger partial charge in [-0.25, -0.2) is 0 Å². The van der Waals surface area contributed by atoms with Crippen molar-refractivity contribution in [2.45, 2.75) is 96.9 Å². The van der Waals surface area contributed by atoms with Crippen molar-refractivity contribution in [3.05, 3.63) is 11.6 Å². The topological polar surface area (TPSA) is 189 Å². The first-order valence-corrected chi connectivity index (χ1v) is 13.0. The second-order valence-electron chi connectivity index (χ2n) is 10.8. The zero-order valence-electron chi connectivity index (χ0n) is 23.3. The molecule has 1 heterocycles. The van der Waals surface area contributed by atoms with Crippen molar-refractivity contribution < 1.29 is 62.7 Å². The van der Waals surface area contributed by atoms with Gasteiger partial charge in [0.05, 0.1) is 23.9 Å². The number of aliphatic hydroxyl groups is 2. The summed E-state index contributed by atoms with van der Waals surface area (Å²) in [6.45, 7) is 6.54. The number of hydrogen-bond donors (Lipinski definition) is 2. The number of Topliss-reactive ketones (excluding diaryl/α,β-unsaturated/α-hetero) is 1. The number of fused-ring (bicyclic) bond motifs is 2. The summed E-state index contributed by atoms with van der Waals surface area (Å²) in [6, 6.07) is 0. The Hall–Kier alpha value is -3.32. The van der Waals surface area contributed by atoms with Gasteiger partial charge in [-0.3, -0.25) is 28.8 Å². The van der Waals surface area contributed by atoms with E-state index < -0.39 is 95.6 Å². The van der Waals surface area contributed by atoms with Gasteiger partial charge in [-0.15, -0.1) is 0 Å². The van der Waals surface area contributed by atoms with Crippen LogP contribution in [-0.2, 0) is 52.5 Å². The minimum absolute atomic E-state index is 0.00371. The number of hydrogen-bond acceptors (Lipinski definition) is 13. The number of esters is 5. The van der Waals surface area contributed by atoms with Crippen LogP contribution in [0.4, 0.5) is 0 Å². The Morgan fingerprint density at radius 1 is 0.950 bits per heavy atom. The van der Waals surface area contributed by atoms with Gasteiger partial charge in [0.2, 0.25) is 0 Å². The molecule has 0 bridgehead atoms. The van der Waals surface area contributed by atoms with Gasteiger partial charge < -0.3 is 33.9 Å². The van der Waals surface area contributed by atoms with Crippen molar-refractivity contribution in [2.24, 2.45) is 17.3 Å². The molecule has 0 aromatic carbocycles. The second-order valence-corrected chi connectivity index (χ2v) is 10.8. The molecular weight excluding hydrogens is 532 g/mol. The number of carbonyl (C=O) groups excluding carboxylic acids is 6. The summed E-state index contributed by atoms with van der Waals surface area (Å²) in [5.74, 6) is -7.36. The van der Waals surface area contributed by atoms with Crippen molar-refractivity contribution in [2.75, 3.05) is 6.61 Å². The molecule has 0 amide bonds. The van der Waals surface area contributed by atoms with Crippen LogP contribution in [-0.4, -0.2) is 88.6 Å². The van der Waals surface area contributed by atoms with Crippen molar-refractivity contribution in [1.29, 1.82) is 0 Å². The molecule has 0 aromatic heterocycles. The van der Waals surface area contributed by atoms with Gasteiger partial charge in [0.15, 0.2) is 11.7 Å². The minimum atomic E-state index is -2.37. The number of ketones is 1. The van der Waals surface area contributed by atoms with Gasteiger partial charge in [-0.05, 0) is 25.0 Å². The predicted octanol–water partition coefficient (Wildman–Crippen LogP) is 0.314. The third kappa shape index (κ3) is 5.62. The van der Waals surface area contributed by atoms with Crippen LogP contribution < -0.4 is 0 Å². The molecule has 2 aliphatic carbocycles. The summed E-state index contributed by atoms with van der Waals surface area (Å²) < 4.78 is 27.9. The SMILES string of the molecule is CC(=O)O[C@H]1CCC(=O)[C@@H]2[C@H](OC(C)=O)[C@@]3(O)[C@H](/C=C(/CO)[C@H](OC(C)=O)C[C@H](OC(C)=O)[C@@]12C)OC(=O)[C@@H]3C. The molecule has 2 N–H and O–H groups in total. The average molecular weight is 569 g/mol. The molecule has 1 aliphatic heterocycles. The molecule has 1 saturated carbocycles. The Kier molecular flexibility index (Phi) is 9.09. The zero-order chi connectivity index (χ0) is 30.2. The molecule has 40 heavy (non-hydrogen) atoms. The average Bonchev–Trinajstić information content (AvgIpc) is 3.05. The quantitative estimate of drug-likeness (QED) is 0.262. The highest BCUT2D eigenvalue weighted by Crippen LogP contribution is 2.54. The minimum Gasteiger partial charge on any atom is -0.462 e. The van der Waals surface area contributed by atoms with Crippen molar-refractivity contribution in [3.8, 4) is 0 Å². The van der Waals surface area contributed by atoms with E-state index in [1.807, 2.05) is 0 Å². The molecule has 2 fully saturated rings. The lowest BCUT2D eigenvalue weighted by Crippen LogP contribution is -2.67. The fourth-order valence-electron chi connectivity index (χ4n) is 6.27. The summed E-state index contributed by atoms with van der Waals surface area (Å²) in [5.41, 5.74) is -4.07. The molecule has 3 rings (SSSR count). The smallest absolute Gasteiger partial charge is 0.312 e. The van der Waals surface area contributed by atoms with Crippen LogP contribution >= 0.6 is 0 Å². The Balaban J connectivity index is 2.44. The second kappa shape index (κ2) is 11.7. The normalized spacial score (nSPS) is 38.9. The van der Waals surface area contributed by atoms with E-state index in [0.717, 1.165) is 27.7 Å². The van der Waals surface area contributed by atoms with Crippen molar-refractivity contribution in [3.63, 3.8) is 0 Å². The van der Waals surface area contributed by atoms with Gasteiger partial charge >= 0.3 is 29.8 Å². The Morgan fingerprint density at radius 2 is 1.50 bits per heavy atom. The molecule has 1 saturated heterocycles. The van der Waals surface area contributed by atoms with Gasteiger partial charge in [-0.2, -0.15) is 0 Å². The highest BCUT2D eigenvalue weighted by Gasteiger charge is 2.69. The van der Waals surface area contributed by atoms with E-state index in [1.54, 1.807) is 0 Å². The molecule has 13 heteroatoms. The molecule has 0 unspecified atom stereocenters.